The minimum Gasteiger partial charge on any atom is -0.489 e. The van der Waals surface area contributed by atoms with Gasteiger partial charge in [-0.2, -0.15) is 0 Å². The molecule has 1 aromatic heterocycles. The summed E-state index contributed by atoms with van der Waals surface area (Å²) in [4.78, 5) is 3.40. The molecule has 2 aromatic carbocycles. The van der Waals surface area contributed by atoms with Gasteiger partial charge in [-0.05, 0) is 68.0 Å². The summed E-state index contributed by atoms with van der Waals surface area (Å²) in [5, 5.41) is 4.92. The average Bonchev–Trinajstić information content (AvgIpc) is 3.33. The maximum absolute atomic E-state index is 6.05. The Labute approximate surface area is 206 Å². The molecule has 0 radical (unpaired) electrons. The first-order valence-corrected chi connectivity index (χ1v) is 12.4. The van der Waals surface area contributed by atoms with Crippen LogP contribution < -0.4 is 10.1 Å². The molecule has 3 aromatic rings. The first kappa shape index (κ1) is 23.1. The second-order valence-corrected chi connectivity index (χ2v) is 8.95. The highest BCUT2D eigenvalue weighted by atomic mass is 16.5. The van der Waals surface area contributed by atoms with E-state index in [9.17, 15) is 0 Å². The second kappa shape index (κ2) is 11.6. The average molecular weight is 469 g/mol. The van der Waals surface area contributed by atoms with Crippen LogP contribution in [0.3, 0.4) is 0 Å². The molecule has 0 spiro atoms. The summed E-state index contributed by atoms with van der Waals surface area (Å²) in [5.41, 5.74) is 5.05. The second-order valence-electron chi connectivity index (χ2n) is 8.95. The normalized spacial score (nSPS) is 15.8. The molecule has 0 saturated carbocycles. The number of fused-ring (bicyclic) bond motifs is 1. The Morgan fingerprint density at radius 3 is 2.86 bits per heavy atom. The molecule has 0 saturated heterocycles. The van der Waals surface area contributed by atoms with E-state index in [4.69, 9.17) is 14.2 Å². The molecule has 2 aliphatic rings. The van der Waals surface area contributed by atoms with Gasteiger partial charge in [0.05, 0.1) is 6.04 Å². The maximum atomic E-state index is 6.05. The Kier molecular flexibility index (Phi) is 7.66. The van der Waals surface area contributed by atoms with E-state index in [0.717, 1.165) is 55.7 Å². The van der Waals surface area contributed by atoms with Gasteiger partial charge in [-0.1, -0.05) is 54.1 Å². The maximum Gasteiger partial charge on any atom is 0.155 e. The number of aryl methyl sites for hydroxylation is 1. The zero-order chi connectivity index (χ0) is 23.7. The molecule has 0 fully saturated rings. The van der Waals surface area contributed by atoms with Gasteiger partial charge in [0, 0.05) is 17.1 Å². The SMILES string of the molecule is C1=CCCC(CC(NCCCc2c[nH]c3ccc(OCc4ccccc4)cc23)C2=COC=CO2)=C1. The number of ether oxygens (including phenoxy) is 3. The summed E-state index contributed by atoms with van der Waals surface area (Å²) >= 11 is 0. The number of benzene rings is 2. The predicted molar refractivity (Wildman–Crippen MR) is 140 cm³/mol. The number of H-pyrrole nitrogens is 1. The van der Waals surface area contributed by atoms with Gasteiger partial charge >= 0.3 is 0 Å². The monoisotopic (exact) mass is 468 g/mol. The zero-order valence-electron chi connectivity index (χ0n) is 19.9. The van der Waals surface area contributed by atoms with E-state index in [1.54, 1.807) is 18.8 Å². The standard InChI is InChI=1S/C30H32N2O3/c1-3-8-23(9-4-1)18-29(30-22-33-16-17-34-30)31-15-7-12-25-20-32-28-14-13-26(19-27(25)28)35-21-24-10-5-2-6-11-24/h1-3,5-6,8,10-11,13-14,16-17,19-20,22,29,31-32H,4,7,9,12,15,18,21H2. The van der Waals surface area contributed by atoms with Crippen molar-refractivity contribution in [3.05, 3.63) is 114 Å². The van der Waals surface area contributed by atoms with Crippen molar-refractivity contribution < 1.29 is 14.2 Å². The zero-order valence-corrected chi connectivity index (χ0v) is 19.9. The van der Waals surface area contributed by atoms with Gasteiger partial charge in [0.2, 0.25) is 0 Å². The van der Waals surface area contributed by atoms with Crippen molar-refractivity contribution in [2.75, 3.05) is 6.54 Å². The topological polar surface area (TPSA) is 55.5 Å². The van der Waals surface area contributed by atoms with Crippen molar-refractivity contribution in [2.45, 2.75) is 44.8 Å². The fraction of sp³-hybridized carbons (Fsp3) is 0.267. The molecule has 1 unspecified atom stereocenters. The lowest BCUT2D eigenvalue weighted by Crippen LogP contribution is -2.33. The van der Waals surface area contributed by atoms with Gasteiger partial charge in [0.25, 0.3) is 0 Å². The van der Waals surface area contributed by atoms with Gasteiger partial charge in [-0.25, -0.2) is 0 Å². The molecule has 35 heavy (non-hydrogen) atoms. The Hall–Kier alpha value is -3.70. The smallest absolute Gasteiger partial charge is 0.155 e. The summed E-state index contributed by atoms with van der Waals surface area (Å²) in [7, 11) is 0. The molecule has 0 amide bonds. The van der Waals surface area contributed by atoms with Crippen molar-refractivity contribution in [3.63, 3.8) is 0 Å². The first-order valence-electron chi connectivity index (χ1n) is 12.4. The number of nitrogens with one attached hydrogen (secondary N) is 2. The predicted octanol–water partition coefficient (Wildman–Crippen LogP) is 6.66. The summed E-state index contributed by atoms with van der Waals surface area (Å²) < 4.78 is 17.2. The van der Waals surface area contributed by atoms with E-state index in [1.165, 1.54) is 22.1 Å². The highest BCUT2D eigenvalue weighted by Crippen LogP contribution is 2.26. The van der Waals surface area contributed by atoms with Crippen molar-refractivity contribution >= 4 is 10.9 Å². The number of allylic oxidation sites excluding steroid dienone is 3. The number of hydrogen-bond donors (Lipinski definition) is 2. The molecular formula is C30H32N2O3. The van der Waals surface area contributed by atoms with Crippen LogP contribution >= 0.6 is 0 Å². The van der Waals surface area contributed by atoms with E-state index < -0.39 is 0 Å². The van der Waals surface area contributed by atoms with Crippen LogP contribution in [0.5, 0.6) is 5.75 Å². The number of hydrogen-bond acceptors (Lipinski definition) is 4. The molecule has 5 nitrogen and oxygen atoms in total. The molecule has 1 aliphatic carbocycles. The first-order chi connectivity index (χ1) is 17.3. The van der Waals surface area contributed by atoms with E-state index in [0.29, 0.717) is 6.61 Å². The highest BCUT2D eigenvalue weighted by molar-refractivity contribution is 5.84. The number of rotatable bonds is 11. The van der Waals surface area contributed by atoms with Crippen LogP contribution in [-0.2, 0) is 22.5 Å². The Morgan fingerprint density at radius 2 is 2.03 bits per heavy atom. The van der Waals surface area contributed by atoms with E-state index >= 15 is 0 Å². The van der Waals surface area contributed by atoms with Crippen LogP contribution in [0.1, 0.15) is 36.8 Å². The third-order valence-corrected chi connectivity index (χ3v) is 6.43. The lowest BCUT2D eigenvalue weighted by Gasteiger charge is -2.23. The van der Waals surface area contributed by atoms with Crippen molar-refractivity contribution in [3.8, 4) is 5.75 Å². The molecule has 1 atom stereocenters. The van der Waals surface area contributed by atoms with Crippen LogP contribution in [0.2, 0.25) is 0 Å². The van der Waals surface area contributed by atoms with Crippen LogP contribution in [0.25, 0.3) is 10.9 Å². The molecular weight excluding hydrogens is 436 g/mol. The minimum absolute atomic E-state index is 0.0960. The van der Waals surface area contributed by atoms with Crippen molar-refractivity contribution in [1.29, 1.82) is 0 Å². The Balaban J connectivity index is 1.17. The number of aromatic nitrogens is 1. The third kappa shape index (κ3) is 6.25. The lowest BCUT2D eigenvalue weighted by atomic mass is 9.97. The van der Waals surface area contributed by atoms with Crippen LogP contribution in [0.15, 0.2) is 103 Å². The molecule has 180 valence electrons. The third-order valence-electron chi connectivity index (χ3n) is 6.43. The van der Waals surface area contributed by atoms with Gasteiger partial charge in [0.15, 0.2) is 5.76 Å². The van der Waals surface area contributed by atoms with Crippen LogP contribution in [0, 0.1) is 0 Å². The fourth-order valence-electron chi connectivity index (χ4n) is 4.55. The van der Waals surface area contributed by atoms with E-state index in [2.05, 4.69) is 59.0 Å². The van der Waals surface area contributed by atoms with Crippen LogP contribution in [0.4, 0.5) is 0 Å². The largest absolute Gasteiger partial charge is 0.489 e. The lowest BCUT2D eigenvalue weighted by molar-refractivity contribution is 0.225. The molecule has 0 bridgehead atoms. The summed E-state index contributed by atoms with van der Waals surface area (Å²) in [5.74, 6) is 1.72. The van der Waals surface area contributed by atoms with Gasteiger partial charge in [0.1, 0.15) is 31.1 Å². The fourth-order valence-corrected chi connectivity index (χ4v) is 4.55. The van der Waals surface area contributed by atoms with Gasteiger partial charge < -0.3 is 24.5 Å². The van der Waals surface area contributed by atoms with Gasteiger partial charge in [-0.15, -0.1) is 0 Å². The minimum atomic E-state index is 0.0960. The number of aromatic amines is 1. The molecule has 2 heterocycles. The van der Waals surface area contributed by atoms with Crippen molar-refractivity contribution in [1.82, 2.24) is 10.3 Å². The van der Waals surface area contributed by atoms with Crippen LogP contribution in [-0.4, -0.2) is 17.6 Å². The summed E-state index contributed by atoms with van der Waals surface area (Å²) in [6, 6.07) is 16.6. The summed E-state index contributed by atoms with van der Waals surface area (Å²) in [6.45, 7) is 1.45. The van der Waals surface area contributed by atoms with Gasteiger partial charge in [-0.3, -0.25) is 0 Å². The summed E-state index contributed by atoms with van der Waals surface area (Å²) in [6.07, 6.45) is 18.7. The van der Waals surface area contributed by atoms with E-state index in [-0.39, 0.29) is 6.04 Å². The molecule has 5 rings (SSSR count). The Bertz CT molecular complexity index is 1240. The highest BCUT2D eigenvalue weighted by Gasteiger charge is 2.19. The quantitative estimate of drug-likeness (QED) is 0.309. The molecule has 2 N–H and O–H groups in total. The molecule has 5 heteroatoms. The molecule has 1 aliphatic heterocycles. The van der Waals surface area contributed by atoms with Crippen molar-refractivity contribution in [2.24, 2.45) is 0 Å². The Morgan fingerprint density at radius 1 is 1.09 bits per heavy atom. The van der Waals surface area contributed by atoms with E-state index in [1.807, 2.05) is 24.3 Å².